The molecule has 1 heterocycles. The second-order valence-corrected chi connectivity index (χ2v) is 3.76. The van der Waals surface area contributed by atoms with Gasteiger partial charge in [-0.3, -0.25) is 0 Å². The fourth-order valence-corrected chi connectivity index (χ4v) is 1.47. The highest BCUT2D eigenvalue weighted by atomic mass is 79.9. The lowest BCUT2D eigenvalue weighted by atomic mass is 10.2. The molecule has 1 aromatic rings. The maximum Gasteiger partial charge on any atom is 0.106 e. The molecule has 1 fully saturated rings. The lowest BCUT2D eigenvalue weighted by molar-refractivity contribution is 0.415. The maximum absolute atomic E-state index is 5.82. The minimum Gasteiger partial charge on any atom is -0.368 e. The summed E-state index contributed by atoms with van der Waals surface area (Å²) in [7, 11) is 0. The van der Waals surface area contributed by atoms with Crippen LogP contribution in [0.2, 0.25) is 5.02 Å². The van der Waals surface area contributed by atoms with Crippen LogP contribution < -0.4 is 0 Å². The molecule has 1 atom stereocenters. The number of halogens is 2. The van der Waals surface area contributed by atoms with Gasteiger partial charge in [0, 0.05) is 4.47 Å². The third-order valence-electron chi connectivity index (χ3n) is 1.65. The van der Waals surface area contributed by atoms with Gasteiger partial charge in [-0.25, -0.2) is 0 Å². The Morgan fingerprint density at radius 3 is 2.82 bits per heavy atom. The zero-order valence-corrected chi connectivity index (χ0v) is 8.02. The minimum absolute atomic E-state index is 0.309. The molecular formula is C8H6BrClO. The van der Waals surface area contributed by atoms with E-state index in [9.17, 15) is 0 Å². The topological polar surface area (TPSA) is 12.5 Å². The SMILES string of the molecule is Clc1ccc([C@@H]2CO2)cc1Br. The Kier molecular flexibility index (Phi) is 1.91. The average molecular weight is 233 g/mol. The summed E-state index contributed by atoms with van der Waals surface area (Å²) in [6.07, 6.45) is 0.309. The molecule has 0 bridgehead atoms. The van der Waals surface area contributed by atoms with Crippen LogP contribution in [0.15, 0.2) is 22.7 Å². The summed E-state index contributed by atoms with van der Waals surface area (Å²) in [5.74, 6) is 0. The molecule has 58 valence electrons. The molecule has 0 aromatic heterocycles. The van der Waals surface area contributed by atoms with Crippen LogP contribution in [-0.4, -0.2) is 6.61 Å². The second kappa shape index (κ2) is 2.77. The van der Waals surface area contributed by atoms with Crippen molar-refractivity contribution in [3.63, 3.8) is 0 Å². The molecule has 3 heteroatoms. The molecule has 0 spiro atoms. The minimum atomic E-state index is 0.309. The monoisotopic (exact) mass is 232 g/mol. The Hall–Kier alpha value is -0.0500. The molecule has 0 amide bonds. The molecule has 1 saturated heterocycles. The van der Waals surface area contributed by atoms with E-state index in [1.807, 2.05) is 18.2 Å². The normalized spacial score (nSPS) is 21.8. The van der Waals surface area contributed by atoms with Gasteiger partial charge >= 0.3 is 0 Å². The predicted molar refractivity (Wildman–Crippen MR) is 47.8 cm³/mol. The van der Waals surface area contributed by atoms with Gasteiger partial charge < -0.3 is 4.74 Å². The summed E-state index contributed by atoms with van der Waals surface area (Å²) in [5, 5.41) is 0.745. The van der Waals surface area contributed by atoms with Crippen LogP contribution >= 0.6 is 27.5 Å². The molecule has 0 radical (unpaired) electrons. The molecule has 0 saturated carbocycles. The molecule has 11 heavy (non-hydrogen) atoms. The molecule has 1 aliphatic heterocycles. The van der Waals surface area contributed by atoms with Gasteiger partial charge in [0.15, 0.2) is 0 Å². The number of benzene rings is 1. The Morgan fingerprint density at radius 1 is 1.55 bits per heavy atom. The summed E-state index contributed by atoms with van der Waals surface area (Å²) in [5.41, 5.74) is 1.20. The van der Waals surface area contributed by atoms with Gasteiger partial charge in [0.05, 0.1) is 11.6 Å². The van der Waals surface area contributed by atoms with Crippen LogP contribution in [-0.2, 0) is 4.74 Å². The molecule has 0 N–H and O–H groups in total. The first-order valence-corrected chi connectivity index (χ1v) is 4.51. The Labute approximate surface area is 78.4 Å². The van der Waals surface area contributed by atoms with E-state index in [4.69, 9.17) is 16.3 Å². The van der Waals surface area contributed by atoms with Crippen LogP contribution in [0.4, 0.5) is 0 Å². The van der Waals surface area contributed by atoms with E-state index in [0.717, 1.165) is 16.1 Å². The molecule has 1 nitrogen and oxygen atoms in total. The predicted octanol–water partition coefficient (Wildman–Crippen LogP) is 3.17. The van der Waals surface area contributed by atoms with Crippen LogP contribution in [0.1, 0.15) is 11.7 Å². The molecule has 0 aliphatic carbocycles. The largest absolute Gasteiger partial charge is 0.368 e. The third kappa shape index (κ3) is 1.58. The summed E-state index contributed by atoms with van der Waals surface area (Å²) in [6, 6.07) is 5.87. The Morgan fingerprint density at radius 2 is 2.27 bits per heavy atom. The van der Waals surface area contributed by atoms with Gasteiger partial charge in [0.25, 0.3) is 0 Å². The van der Waals surface area contributed by atoms with Crippen molar-refractivity contribution in [1.29, 1.82) is 0 Å². The second-order valence-electron chi connectivity index (χ2n) is 2.50. The van der Waals surface area contributed by atoms with E-state index in [2.05, 4.69) is 15.9 Å². The van der Waals surface area contributed by atoms with Crippen molar-refractivity contribution >= 4 is 27.5 Å². The quantitative estimate of drug-likeness (QED) is 0.679. The first kappa shape index (κ1) is 7.59. The van der Waals surface area contributed by atoms with Crippen LogP contribution in [0.5, 0.6) is 0 Å². The fourth-order valence-electron chi connectivity index (χ4n) is 0.953. The molecular weight excluding hydrogens is 227 g/mol. The zero-order valence-electron chi connectivity index (χ0n) is 5.68. The summed E-state index contributed by atoms with van der Waals surface area (Å²) < 4.78 is 6.06. The van der Waals surface area contributed by atoms with E-state index < -0.39 is 0 Å². The number of hydrogen-bond donors (Lipinski definition) is 0. The average Bonchev–Trinajstić information content (AvgIpc) is 2.77. The van der Waals surface area contributed by atoms with E-state index in [1.165, 1.54) is 5.56 Å². The number of epoxide rings is 1. The van der Waals surface area contributed by atoms with Crippen LogP contribution in [0, 0.1) is 0 Å². The van der Waals surface area contributed by atoms with E-state index in [0.29, 0.717) is 6.10 Å². The van der Waals surface area contributed by atoms with Gasteiger partial charge in [-0.2, -0.15) is 0 Å². The van der Waals surface area contributed by atoms with E-state index in [1.54, 1.807) is 0 Å². The van der Waals surface area contributed by atoms with Crippen molar-refractivity contribution in [2.75, 3.05) is 6.61 Å². The standard InChI is InChI=1S/C8H6BrClO/c9-6-3-5(8-4-11-8)1-2-7(6)10/h1-3,8H,4H2/t8-/m0/s1. The lowest BCUT2D eigenvalue weighted by Gasteiger charge is -1.98. The van der Waals surface area contributed by atoms with Gasteiger partial charge in [0.1, 0.15) is 6.10 Å². The summed E-state index contributed by atoms with van der Waals surface area (Å²) in [6.45, 7) is 0.841. The molecule has 1 aromatic carbocycles. The van der Waals surface area contributed by atoms with Gasteiger partial charge in [-0.05, 0) is 33.6 Å². The highest BCUT2D eigenvalue weighted by Crippen LogP contribution is 2.33. The van der Waals surface area contributed by atoms with Crippen molar-refractivity contribution in [2.45, 2.75) is 6.10 Å². The van der Waals surface area contributed by atoms with Crippen molar-refractivity contribution < 1.29 is 4.74 Å². The Balaban J connectivity index is 2.36. The van der Waals surface area contributed by atoms with Gasteiger partial charge in [-0.1, -0.05) is 17.7 Å². The van der Waals surface area contributed by atoms with Crippen molar-refractivity contribution in [3.05, 3.63) is 33.3 Å². The highest BCUT2D eigenvalue weighted by molar-refractivity contribution is 9.10. The van der Waals surface area contributed by atoms with Gasteiger partial charge in [0.2, 0.25) is 0 Å². The Bertz CT molecular complexity index is 283. The first-order valence-electron chi connectivity index (χ1n) is 3.34. The van der Waals surface area contributed by atoms with Crippen molar-refractivity contribution in [1.82, 2.24) is 0 Å². The first-order chi connectivity index (χ1) is 5.27. The smallest absolute Gasteiger partial charge is 0.106 e. The van der Waals surface area contributed by atoms with Crippen LogP contribution in [0.25, 0.3) is 0 Å². The maximum atomic E-state index is 5.82. The molecule has 1 aliphatic rings. The van der Waals surface area contributed by atoms with Crippen LogP contribution in [0.3, 0.4) is 0 Å². The third-order valence-corrected chi connectivity index (χ3v) is 2.86. The number of hydrogen-bond acceptors (Lipinski definition) is 1. The molecule has 2 rings (SSSR count). The summed E-state index contributed by atoms with van der Waals surface area (Å²) >= 11 is 9.17. The fraction of sp³-hybridized carbons (Fsp3) is 0.250. The van der Waals surface area contributed by atoms with Crippen molar-refractivity contribution in [3.8, 4) is 0 Å². The van der Waals surface area contributed by atoms with Crippen molar-refractivity contribution in [2.24, 2.45) is 0 Å². The van der Waals surface area contributed by atoms with Gasteiger partial charge in [-0.15, -0.1) is 0 Å². The summed E-state index contributed by atoms with van der Waals surface area (Å²) in [4.78, 5) is 0. The van der Waals surface area contributed by atoms with E-state index >= 15 is 0 Å². The molecule has 0 unspecified atom stereocenters. The highest BCUT2D eigenvalue weighted by Gasteiger charge is 2.24. The van der Waals surface area contributed by atoms with E-state index in [-0.39, 0.29) is 0 Å². The number of rotatable bonds is 1. The zero-order chi connectivity index (χ0) is 7.84. The number of ether oxygens (including phenoxy) is 1. The lowest BCUT2D eigenvalue weighted by Crippen LogP contribution is -1.79.